The Morgan fingerprint density at radius 1 is 1.33 bits per heavy atom. The van der Waals surface area contributed by atoms with Crippen LogP contribution < -0.4 is 0 Å². The summed E-state index contributed by atoms with van der Waals surface area (Å²) in [5.74, 6) is 1.10. The van der Waals surface area contributed by atoms with Crippen LogP contribution in [0.1, 0.15) is 39.0 Å². The molecule has 1 fully saturated rings. The standard InChI is InChI=1S/C8H16S/c1-2-8(7-9)5-3-4-6-8/h9H,2-7H2,1H3. The summed E-state index contributed by atoms with van der Waals surface area (Å²) in [5, 5.41) is 0. The molecule has 0 amide bonds. The van der Waals surface area contributed by atoms with E-state index in [1.54, 1.807) is 0 Å². The number of rotatable bonds is 2. The maximum atomic E-state index is 4.38. The van der Waals surface area contributed by atoms with Crippen LogP contribution in [0.25, 0.3) is 0 Å². The van der Waals surface area contributed by atoms with Crippen molar-refractivity contribution in [2.24, 2.45) is 5.41 Å². The molecule has 0 heterocycles. The number of thiol groups is 1. The van der Waals surface area contributed by atoms with Crippen molar-refractivity contribution in [2.45, 2.75) is 39.0 Å². The topological polar surface area (TPSA) is 0 Å². The Labute approximate surface area is 63.4 Å². The zero-order chi connectivity index (χ0) is 6.74. The lowest BCUT2D eigenvalue weighted by Crippen LogP contribution is -2.16. The largest absolute Gasteiger partial charge is 0.179 e. The van der Waals surface area contributed by atoms with E-state index in [4.69, 9.17) is 0 Å². The molecule has 0 nitrogen and oxygen atoms in total. The molecule has 0 bridgehead atoms. The monoisotopic (exact) mass is 144 g/mol. The van der Waals surface area contributed by atoms with Gasteiger partial charge in [0.2, 0.25) is 0 Å². The summed E-state index contributed by atoms with van der Waals surface area (Å²) < 4.78 is 0. The van der Waals surface area contributed by atoms with Gasteiger partial charge in [-0.1, -0.05) is 19.8 Å². The van der Waals surface area contributed by atoms with Crippen LogP contribution in [0.2, 0.25) is 0 Å². The molecule has 0 aromatic heterocycles. The molecule has 0 N–H and O–H groups in total. The lowest BCUT2D eigenvalue weighted by atomic mass is 9.86. The molecule has 0 aliphatic heterocycles. The summed E-state index contributed by atoms with van der Waals surface area (Å²) in [4.78, 5) is 0. The predicted octanol–water partition coefficient (Wildman–Crippen LogP) is 2.89. The van der Waals surface area contributed by atoms with Gasteiger partial charge in [0.05, 0.1) is 0 Å². The van der Waals surface area contributed by atoms with Gasteiger partial charge in [-0.25, -0.2) is 0 Å². The maximum absolute atomic E-state index is 4.38. The van der Waals surface area contributed by atoms with Crippen molar-refractivity contribution < 1.29 is 0 Å². The van der Waals surface area contributed by atoms with E-state index in [0.29, 0.717) is 5.41 Å². The molecule has 9 heavy (non-hydrogen) atoms. The van der Waals surface area contributed by atoms with Crippen LogP contribution in [0.5, 0.6) is 0 Å². The van der Waals surface area contributed by atoms with Crippen molar-refractivity contribution in [3.8, 4) is 0 Å². The van der Waals surface area contributed by atoms with Crippen LogP contribution >= 0.6 is 12.6 Å². The molecule has 0 radical (unpaired) electrons. The predicted molar refractivity (Wildman–Crippen MR) is 45.0 cm³/mol. The molecule has 1 aliphatic rings. The third-order valence-electron chi connectivity index (χ3n) is 2.75. The van der Waals surface area contributed by atoms with Crippen molar-refractivity contribution in [3.05, 3.63) is 0 Å². The summed E-state index contributed by atoms with van der Waals surface area (Å²) in [5.41, 5.74) is 0.642. The van der Waals surface area contributed by atoms with Gasteiger partial charge in [0, 0.05) is 0 Å². The van der Waals surface area contributed by atoms with Crippen molar-refractivity contribution in [3.63, 3.8) is 0 Å². The van der Waals surface area contributed by atoms with Crippen LogP contribution in [0.15, 0.2) is 0 Å². The molecule has 0 aromatic carbocycles. The molecular formula is C8H16S. The summed E-state index contributed by atoms with van der Waals surface area (Å²) in [6.07, 6.45) is 7.05. The van der Waals surface area contributed by atoms with E-state index in [2.05, 4.69) is 19.6 Å². The fourth-order valence-electron chi connectivity index (χ4n) is 1.75. The van der Waals surface area contributed by atoms with Crippen molar-refractivity contribution in [2.75, 3.05) is 5.75 Å². The fraction of sp³-hybridized carbons (Fsp3) is 1.00. The SMILES string of the molecule is CCC1(CS)CCCC1. The van der Waals surface area contributed by atoms with E-state index in [9.17, 15) is 0 Å². The zero-order valence-electron chi connectivity index (χ0n) is 6.19. The van der Waals surface area contributed by atoms with Crippen molar-refractivity contribution >= 4 is 12.6 Å². The smallest absolute Gasteiger partial charge is 0.00413 e. The summed E-state index contributed by atoms with van der Waals surface area (Å²) in [7, 11) is 0. The van der Waals surface area contributed by atoms with E-state index in [1.165, 1.54) is 32.1 Å². The van der Waals surface area contributed by atoms with Crippen LogP contribution in [0.4, 0.5) is 0 Å². The van der Waals surface area contributed by atoms with Crippen molar-refractivity contribution in [1.82, 2.24) is 0 Å². The van der Waals surface area contributed by atoms with E-state index in [0.717, 1.165) is 5.75 Å². The molecule has 54 valence electrons. The van der Waals surface area contributed by atoms with E-state index < -0.39 is 0 Å². The molecule has 1 heteroatoms. The van der Waals surface area contributed by atoms with Crippen LogP contribution in [-0.2, 0) is 0 Å². The van der Waals surface area contributed by atoms with Gasteiger partial charge in [-0.15, -0.1) is 0 Å². The van der Waals surface area contributed by atoms with Gasteiger partial charge >= 0.3 is 0 Å². The minimum absolute atomic E-state index is 0.642. The van der Waals surface area contributed by atoms with Crippen LogP contribution in [0.3, 0.4) is 0 Å². The highest BCUT2D eigenvalue weighted by molar-refractivity contribution is 7.80. The summed E-state index contributed by atoms with van der Waals surface area (Å²) >= 11 is 4.38. The minimum Gasteiger partial charge on any atom is -0.179 e. The maximum Gasteiger partial charge on any atom is -0.00413 e. The molecule has 1 rings (SSSR count). The first-order valence-electron chi connectivity index (χ1n) is 3.94. The first kappa shape index (κ1) is 7.46. The van der Waals surface area contributed by atoms with Gasteiger partial charge in [0.15, 0.2) is 0 Å². The van der Waals surface area contributed by atoms with Crippen molar-refractivity contribution in [1.29, 1.82) is 0 Å². The Morgan fingerprint density at radius 3 is 2.11 bits per heavy atom. The molecular weight excluding hydrogens is 128 g/mol. The fourth-order valence-corrected chi connectivity index (χ4v) is 2.29. The summed E-state index contributed by atoms with van der Waals surface area (Å²) in [6.45, 7) is 2.29. The highest BCUT2D eigenvalue weighted by Crippen LogP contribution is 2.41. The van der Waals surface area contributed by atoms with Gasteiger partial charge in [-0.3, -0.25) is 0 Å². The molecule has 1 saturated carbocycles. The minimum atomic E-state index is 0.642. The molecule has 1 aliphatic carbocycles. The third-order valence-corrected chi connectivity index (χ3v) is 3.42. The normalized spacial score (nSPS) is 24.7. The van der Waals surface area contributed by atoms with Crippen LogP contribution in [0, 0.1) is 5.41 Å². The number of hydrogen-bond donors (Lipinski definition) is 1. The summed E-state index contributed by atoms with van der Waals surface area (Å²) in [6, 6.07) is 0. The van der Waals surface area contributed by atoms with Crippen LogP contribution in [-0.4, -0.2) is 5.75 Å². The Balaban J connectivity index is 2.45. The Kier molecular flexibility index (Phi) is 2.45. The molecule has 0 saturated heterocycles. The van der Waals surface area contributed by atoms with Gasteiger partial charge in [0.1, 0.15) is 0 Å². The van der Waals surface area contributed by atoms with Gasteiger partial charge < -0.3 is 0 Å². The Bertz CT molecular complexity index is 76.6. The Morgan fingerprint density at radius 2 is 1.89 bits per heavy atom. The zero-order valence-corrected chi connectivity index (χ0v) is 7.08. The van der Waals surface area contributed by atoms with Gasteiger partial charge in [0.25, 0.3) is 0 Å². The van der Waals surface area contributed by atoms with E-state index in [-0.39, 0.29) is 0 Å². The highest BCUT2D eigenvalue weighted by Gasteiger charge is 2.29. The van der Waals surface area contributed by atoms with E-state index in [1.807, 2.05) is 0 Å². The third kappa shape index (κ3) is 1.43. The lowest BCUT2D eigenvalue weighted by molar-refractivity contribution is 0.334. The highest BCUT2D eigenvalue weighted by atomic mass is 32.1. The second-order valence-electron chi connectivity index (χ2n) is 3.22. The average molecular weight is 144 g/mol. The lowest BCUT2D eigenvalue weighted by Gasteiger charge is -2.24. The molecule has 0 unspecified atom stereocenters. The number of hydrogen-bond acceptors (Lipinski definition) is 1. The van der Waals surface area contributed by atoms with Gasteiger partial charge in [-0.05, 0) is 30.4 Å². The molecule has 0 aromatic rings. The average Bonchev–Trinajstić information content (AvgIpc) is 2.36. The quantitative estimate of drug-likeness (QED) is 0.566. The second-order valence-corrected chi connectivity index (χ2v) is 3.54. The van der Waals surface area contributed by atoms with Gasteiger partial charge in [-0.2, -0.15) is 12.6 Å². The van der Waals surface area contributed by atoms with E-state index >= 15 is 0 Å². The first-order chi connectivity index (χ1) is 4.33. The molecule has 0 spiro atoms. The Hall–Kier alpha value is 0.350. The second kappa shape index (κ2) is 2.96. The first-order valence-corrected chi connectivity index (χ1v) is 4.57. The molecule has 0 atom stereocenters.